The molecule has 0 saturated carbocycles. The quantitative estimate of drug-likeness (QED) is 0.606. The fourth-order valence-electron chi connectivity index (χ4n) is 2.78. The molecule has 2 aromatic carbocycles. The fourth-order valence-corrected chi connectivity index (χ4v) is 2.78. The molecule has 4 rings (SSSR count). The molecule has 0 spiro atoms. The number of aromatic nitrogens is 1. The van der Waals surface area contributed by atoms with E-state index in [1.165, 1.54) is 0 Å². The number of furan rings is 1. The highest BCUT2D eigenvalue weighted by Gasteiger charge is 2.23. The molecule has 5 heteroatoms. The third kappa shape index (κ3) is 3.04. The van der Waals surface area contributed by atoms with E-state index in [0.717, 1.165) is 16.5 Å². The van der Waals surface area contributed by atoms with E-state index in [2.05, 4.69) is 10.5 Å². The minimum atomic E-state index is -0.425. The molecule has 2 heterocycles. The van der Waals surface area contributed by atoms with Gasteiger partial charge in [0.05, 0.1) is 5.69 Å². The second-order valence-electron chi connectivity index (χ2n) is 5.84. The number of rotatable bonds is 4. The van der Waals surface area contributed by atoms with Crippen molar-refractivity contribution in [3.8, 4) is 0 Å². The zero-order chi connectivity index (χ0) is 17.2. The van der Waals surface area contributed by atoms with Crippen LogP contribution >= 0.6 is 0 Å². The van der Waals surface area contributed by atoms with Crippen LogP contribution in [0.1, 0.15) is 33.6 Å². The predicted molar refractivity (Wildman–Crippen MR) is 93.2 cm³/mol. The van der Waals surface area contributed by atoms with Gasteiger partial charge in [-0.1, -0.05) is 53.7 Å². The van der Waals surface area contributed by atoms with Crippen LogP contribution in [0.15, 0.2) is 75.7 Å². The van der Waals surface area contributed by atoms with E-state index in [9.17, 15) is 4.79 Å². The van der Waals surface area contributed by atoms with Crippen molar-refractivity contribution < 1.29 is 13.7 Å². The van der Waals surface area contributed by atoms with Crippen LogP contribution in [0.5, 0.6) is 0 Å². The maximum absolute atomic E-state index is 12.5. The lowest BCUT2D eigenvalue weighted by molar-refractivity contribution is 0.0902. The Balaban J connectivity index is 1.72. The van der Waals surface area contributed by atoms with E-state index in [4.69, 9.17) is 8.94 Å². The molecule has 0 unspecified atom stereocenters. The average Bonchev–Trinajstić information content (AvgIpc) is 3.26. The van der Waals surface area contributed by atoms with Crippen molar-refractivity contribution in [2.75, 3.05) is 0 Å². The summed E-state index contributed by atoms with van der Waals surface area (Å²) in [6.07, 6.45) is 0. The monoisotopic (exact) mass is 332 g/mol. The summed E-state index contributed by atoms with van der Waals surface area (Å²) in [5.41, 5.74) is 2.36. The first-order chi connectivity index (χ1) is 12.2. The molecule has 0 bridgehead atoms. The van der Waals surface area contributed by atoms with E-state index < -0.39 is 6.04 Å². The standard InChI is InChI=1S/C20H16N2O3/c1-13-11-18(25-22-13)20(23)21-19(14-7-3-2-4-8-14)17-12-15-9-5-6-10-16(15)24-17/h2-12,19H,1H3,(H,21,23)/t19-/m0/s1. The van der Waals surface area contributed by atoms with Gasteiger partial charge >= 0.3 is 0 Å². The molecule has 0 aliphatic heterocycles. The van der Waals surface area contributed by atoms with Gasteiger partial charge in [-0.05, 0) is 24.6 Å². The van der Waals surface area contributed by atoms with Crippen LogP contribution in [0, 0.1) is 6.92 Å². The number of hydrogen-bond acceptors (Lipinski definition) is 4. The topological polar surface area (TPSA) is 68.3 Å². The normalized spacial score (nSPS) is 12.2. The van der Waals surface area contributed by atoms with Gasteiger partial charge in [-0.3, -0.25) is 4.79 Å². The van der Waals surface area contributed by atoms with Gasteiger partial charge in [0.25, 0.3) is 5.91 Å². The number of hydrogen-bond donors (Lipinski definition) is 1. The highest BCUT2D eigenvalue weighted by Crippen LogP contribution is 2.28. The summed E-state index contributed by atoms with van der Waals surface area (Å²) < 4.78 is 11.0. The van der Waals surface area contributed by atoms with Crippen LogP contribution in [0.2, 0.25) is 0 Å². The Morgan fingerprint density at radius 3 is 2.52 bits per heavy atom. The summed E-state index contributed by atoms with van der Waals surface area (Å²) in [4.78, 5) is 12.5. The summed E-state index contributed by atoms with van der Waals surface area (Å²) in [7, 11) is 0. The molecule has 0 aliphatic carbocycles. The molecule has 124 valence electrons. The summed E-state index contributed by atoms with van der Waals surface area (Å²) in [6, 6.07) is 20.6. The van der Waals surface area contributed by atoms with Crippen LogP contribution < -0.4 is 5.32 Å². The van der Waals surface area contributed by atoms with Gasteiger partial charge < -0.3 is 14.3 Å². The number of benzene rings is 2. The Bertz CT molecular complexity index is 985. The van der Waals surface area contributed by atoms with Crippen molar-refractivity contribution in [2.45, 2.75) is 13.0 Å². The molecule has 0 radical (unpaired) electrons. The van der Waals surface area contributed by atoms with Crippen molar-refractivity contribution in [1.29, 1.82) is 0 Å². The maximum Gasteiger partial charge on any atom is 0.290 e. The molecule has 2 aromatic heterocycles. The number of para-hydroxylation sites is 1. The van der Waals surface area contributed by atoms with Gasteiger partial charge in [0.1, 0.15) is 17.4 Å². The molecule has 4 aromatic rings. The lowest BCUT2D eigenvalue weighted by atomic mass is 10.0. The van der Waals surface area contributed by atoms with Crippen molar-refractivity contribution in [3.63, 3.8) is 0 Å². The first-order valence-electron chi connectivity index (χ1n) is 7.98. The van der Waals surface area contributed by atoms with E-state index in [-0.39, 0.29) is 11.7 Å². The van der Waals surface area contributed by atoms with Gasteiger partial charge in [-0.2, -0.15) is 0 Å². The lowest BCUT2D eigenvalue weighted by Gasteiger charge is -2.16. The first-order valence-corrected chi connectivity index (χ1v) is 7.98. The maximum atomic E-state index is 12.5. The second-order valence-corrected chi connectivity index (χ2v) is 5.84. The summed E-state index contributed by atoms with van der Waals surface area (Å²) >= 11 is 0. The van der Waals surface area contributed by atoms with Gasteiger partial charge in [-0.15, -0.1) is 0 Å². The van der Waals surface area contributed by atoms with Crippen molar-refractivity contribution in [2.24, 2.45) is 0 Å². The molecule has 0 saturated heterocycles. The lowest BCUT2D eigenvalue weighted by Crippen LogP contribution is -2.28. The predicted octanol–water partition coefficient (Wildman–Crippen LogP) is 4.25. The van der Waals surface area contributed by atoms with Crippen molar-refractivity contribution in [1.82, 2.24) is 10.5 Å². The number of amides is 1. The number of fused-ring (bicyclic) bond motifs is 1. The zero-order valence-corrected chi connectivity index (χ0v) is 13.6. The van der Waals surface area contributed by atoms with Crippen LogP contribution in [-0.4, -0.2) is 11.1 Å². The molecule has 1 N–H and O–H groups in total. The Kier molecular flexibility index (Phi) is 3.82. The highest BCUT2D eigenvalue weighted by molar-refractivity contribution is 5.92. The summed E-state index contributed by atoms with van der Waals surface area (Å²) in [5, 5.41) is 7.73. The van der Waals surface area contributed by atoms with Crippen molar-refractivity contribution >= 4 is 16.9 Å². The summed E-state index contributed by atoms with van der Waals surface area (Å²) in [6.45, 7) is 1.77. The Morgan fingerprint density at radius 2 is 1.80 bits per heavy atom. The van der Waals surface area contributed by atoms with Gasteiger partial charge in [0.15, 0.2) is 0 Å². The fraction of sp³-hybridized carbons (Fsp3) is 0.100. The number of aryl methyl sites for hydroxylation is 1. The van der Waals surface area contributed by atoms with E-state index in [1.54, 1.807) is 13.0 Å². The smallest absolute Gasteiger partial charge is 0.290 e. The van der Waals surface area contributed by atoms with Crippen LogP contribution in [-0.2, 0) is 0 Å². The molecule has 5 nitrogen and oxygen atoms in total. The van der Waals surface area contributed by atoms with Crippen LogP contribution in [0.4, 0.5) is 0 Å². The Morgan fingerprint density at radius 1 is 1.04 bits per heavy atom. The zero-order valence-electron chi connectivity index (χ0n) is 13.6. The first kappa shape index (κ1) is 15.2. The minimum Gasteiger partial charge on any atom is -0.459 e. The molecule has 1 atom stereocenters. The molecule has 25 heavy (non-hydrogen) atoms. The number of carbonyl (C=O) groups is 1. The SMILES string of the molecule is Cc1cc(C(=O)N[C@@H](c2ccccc2)c2cc3ccccc3o2)on1. The third-order valence-electron chi connectivity index (χ3n) is 3.99. The number of nitrogens with one attached hydrogen (secondary N) is 1. The number of nitrogens with zero attached hydrogens (tertiary/aromatic N) is 1. The largest absolute Gasteiger partial charge is 0.459 e. The molecular formula is C20H16N2O3. The molecule has 0 aliphatic rings. The average molecular weight is 332 g/mol. The molecule has 1 amide bonds. The van der Waals surface area contributed by atoms with E-state index >= 15 is 0 Å². The molecule has 0 fully saturated rings. The van der Waals surface area contributed by atoms with Crippen LogP contribution in [0.25, 0.3) is 11.0 Å². The number of carbonyl (C=O) groups excluding carboxylic acids is 1. The van der Waals surface area contributed by atoms with Crippen LogP contribution in [0.3, 0.4) is 0 Å². The van der Waals surface area contributed by atoms with E-state index in [0.29, 0.717) is 11.5 Å². The van der Waals surface area contributed by atoms with E-state index in [1.807, 2.05) is 60.7 Å². The van der Waals surface area contributed by atoms with Gasteiger partial charge in [0, 0.05) is 11.5 Å². The second kappa shape index (κ2) is 6.28. The van der Waals surface area contributed by atoms with Gasteiger partial charge in [-0.25, -0.2) is 0 Å². The molecular weight excluding hydrogens is 316 g/mol. The Labute approximate surface area is 144 Å². The minimum absolute atomic E-state index is 0.176. The van der Waals surface area contributed by atoms with Gasteiger partial charge in [0.2, 0.25) is 5.76 Å². The van der Waals surface area contributed by atoms with Crippen molar-refractivity contribution in [3.05, 3.63) is 89.5 Å². The highest BCUT2D eigenvalue weighted by atomic mass is 16.5. The third-order valence-corrected chi connectivity index (χ3v) is 3.99. The Hall–Kier alpha value is -3.34. The summed E-state index contributed by atoms with van der Waals surface area (Å²) in [5.74, 6) is 0.501.